The number of amides is 2. The van der Waals surface area contributed by atoms with Gasteiger partial charge in [0.15, 0.2) is 6.10 Å². The molecular weight excluding hydrogens is 1730 g/mol. The minimum atomic E-state index is -4.77. The first kappa shape index (κ1) is 116. The summed E-state index contributed by atoms with van der Waals surface area (Å²) in [5, 5.41) is 158. The van der Waals surface area contributed by atoms with Crippen LogP contribution in [0.5, 0.6) is 0 Å². The van der Waals surface area contributed by atoms with E-state index in [9.17, 15) is 28.6 Å². The van der Waals surface area contributed by atoms with Crippen LogP contribution in [-0.4, -0.2) is 74.5 Å². The van der Waals surface area contributed by atoms with Crippen molar-refractivity contribution in [2.45, 2.75) is 279 Å². The van der Waals surface area contributed by atoms with Crippen LogP contribution in [0, 0.1) is 5.41 Å². The van der Waals surface area contributed by atoms with E-state index in [0.29, 0.717) is 18.4 Å². The largest absolute Gasteiger partial charge is 0.472 e. The van der Waals surface area contributed by atoms with Gasteiger partial charge in [-0.15, -0.1) is 0 Å². The van der Waals surface area contributed by atoms with Crippen molar-refractivity contribution in [2.24, 2.45) is 5.41 Å². The molecule has 0 fully saturated rings. The predicted molar refractivity (Wildman–Crippen MR) is 377 cm³/mol. The number of esters is 2. The van der Waals surface area contributed by atoms with Crippen molar-refractivity contribution in [1.82, 2.24) is 10.6 Å². The second kappa shape index (κ2) is 89.3. The lowest BCUT2D eigenvalue weighted by Gasteiger charge is -2.32. The smallest absolute Gasteiger partial charge is 0.462 e. The van der Waals surface area contributed by atoms with Gasteiger partial charge in [-0.3, -0.25) is 23.4 Å². The summed E-state index contributed by atoms with van der Waals surface area (Å²) >= 11 is 0. The first-order valence-electron chi connectivity index (χ1n) is 39.1. The molecule has 0 aliphatic heterocycles. The molecule has 0 aromatic carbocycles. The molecule has 0 saturated heterocycles. The first-order valence-corrected chi connectivity index (χ1v) is 40.6. The number of hydrogen-bond donors (Lipinski definition) is 3. The zero-order valence-corrected chi connectivity index (χ0v) is 70.5. The van der Waals surface area contributed by atoms with E-state index in [2.05, 4.69) is 279 Å². The lowest BCUT2D eigenvalue weighted by Crippen LogP contribution is -2.30. The van der Waals surface area contributed by atoms with Crippen LogP contribution in [0.2, 0.25) is 0 Å². The van der Waals surface area contributed by atoms with E-state index in [0.717, 1.165) is 75.8 Å². The molecule has 724 valence electrons. The van der Waals surface area contributed by atoms with Gasteiger partial charge < -0.3 is 34.6 Å². The van der Waals surface area contributed by atoms with Crippen molar-refractivity contribution >= 4 is 31.8 Å². The Bertz CT molecular complexity index is 2730. The molecule has 57 nitrogen and oxygen atoms in total. The summed E-state index contributed by atoms with van der Waals surface area (Å²) < 4.78 is 38.5. The molecule has 0 saturated carbocycles. The van der Waals surface area contributed by atoms with Gasteiger partial charge in [0, 0.05) is 203 Å². The number of alkyl carbamates (subject to hydrolysis) is 1. The summed E-state index contributed by atoms with van der Waals surface area (Å²) in [6.45, 7) is 12.1. The fourth-order valence-corrected chi connectivity index (χ4v) is 11.0. The molecule has 0 aromatic heterocycles. The van der Waals surface area contributed by atoms with Crippen LogP contribution in [0.3, 0.4) is 0 Å². The third-order valence-corrected chi connectivity index (χ3v) is 16.8. The van der Waals surface area contributed by atoms with Crippen molar-refractivity contribution in [1.29, 1.82) is 0 Å². The van der Waals surface area contributed by atoms with Crippen molar-refractivity contribution in [3.05, 3.63) is 71.2 Å². The van der Waals surface area contributed by atoms with Gasteiger partial charge >= 0.3 is 25.9 Å². The normalized spacial score (nSPS) is 14.0. The Kier molecular flexibility index (Phi) is 83.8. The summed E-state index contributed by atoms with van der Waals surface area (Å²) in [7, 11) is -4.77. The van der Waals surface area contributed by atoms with Crippen LogP contribution in [0.15, 0.2) is 71.2 Å². The number of unbranched alkanes of at least 4 members (excludes halogenated alkanes) is 28. The topological polar surface area (TPSA) is 582 Å². The van der Waals surface area contributed by atoms with Crippen LogP contribution >= 0.6 is 7.82 Å². The third kappa shape index (κ3) is 83.2. The number of carbonyl (C=O) groups excluding carboxylic acids is 4. The van der Waals surface area contributed by atoms with E-state index in [-0.39, 0.29) is 24.8 Å². The van der Waals surface area contributed by atoms with Gasteiger partial charge in [0.1, 0.15) is 26.1 Å². The molecule has 0 radical (unpaired) electrons. The summed E-state index contributed by atoms with van der Waals surface area (Å²) in [6.07, 6.45) is 49.8. The van der Waals surface area contributed by atoms with Crippen LogP contribution in [0.25, 0.3) is 0 Å². The zero-order valence-electron chi connectivity index (χ0n) is 69.6. The number of nitrogens with one attached hydrogen (secondary N) is 2. The van der Waals surface area contributed by atoms with Gasteiger partial charge in [0.2, 0.25) is 5.91 Å². The lowest BCUT2D eigenvalue weighted by atomic mass is 9.72. The number of rotatable bonds is 95. The fourth-order valence-electron chi connectivity index (χ4n) is 10.3. The van der Waals surface area contributed by atoms with Gasteiger partial charge in [-0.2, -0.15) is 0 Å². The van der Waals surface area contributed by atoms with Crippen LogP contribution in [-0.2, 0) is 264 Å². The number of ether oxygens (including phenoxy) is 3. The molecule has 1 aliphatic carbocycles. The maximum atomic E-state index is 12.9. The molecular formula is C66H115N2O55P. The molecule has 0 bridgehead atoms. The van der Waals surface area contributed by atoms with Crippen molar-refractivity contribution in [3.63, 3.8) is 0 Å². The minimum absolute atomic E-state index is 0.107. The van der Waals surface area contributed by atoms with Crippen LogP contribution in [0.4, 0.5) is 4.79 Å². The zero-order chi connectivity index (χ0) is 89.9. The summed E-state index contributed by atoms with van der Waals surface area (Å²) in [6, 6.07) is 0. The molecule has 58 heteroatoms. The van der Waals surface area contributed by atoms with E-state index in [1.807, 2.05) is 19.1 Å². The molecule has 0 spiro atoms. The number of allylic oxidation sites excluding steroid dienone is 9. The Morgan fingerprint density at radius 3 is 1.18 bits per heavy atom. The standard InChI is InChI=1S/C66H115N2O55P/c1-8-10-12-14-16-18-20-22-24-26-28-30-32-34-36-43-63(70)76-55-60(81-64(71)44-37-35-33-31-29-27-25-23-21-19-17-15-13-11-9-2)56-80-124(73,74)79-51-49-68-65(72)75-52-53-78-83-85-87-89-91-93-95-97-99-101-103-105-107-109-111-113-115-117-119-121-123-122-120-118-116-114-112-110-108-106-104-102-100-98-96-94-92-90-88-86-84-82-77-50-48-67-62(69)54-58(4)41-38-40-57(3)45-46-61-59(5)42-39-47-66(61,6)7/h38,40-41,45-46,48,50,54,60H,8-37,39,42-44,47,49,51-53,55-56H2,1-7H3,(H,67,69)(H,68,72)(H,73,74)/b41-38+,46-45+,50-48-,57-40+,58-54+/t60-/m1/s1. The average molecular weight is 1850 g/mol. The molecule has 1 aliphatic rings. The fraction of sp³-hybridized carbons (Fsp3) is 0.758. The van der Waals surface area contributed by atoms with Gasteiger partial charge in [-0.1, -0.05) is 249 Å². The van der Waals surface area contributed by atoms with Crippen molar-refractivity contribution in [2.75, 3.05) is 39.6 Å². The predicted octanol–water partition coefficient (Wildman–Crippen LogP) is 15.0. The highest BCUT2D eigenvalue weighted by Crippen LogP contribution is 2.43. The number of phosphoric acid groups is 1. The number of phosphoric ester groups is 1. The summed E-state index contributed by atoms with van der Waals surface area (Å²) in [4.78, 5) is 68.8. The van der Waals surface area contributed by atoms with Crippen molar-refractivity contribution < 1.29 is 273 Å². The third-order valence-electron chi connectivity index (χ3n) is 15.9. The van der Waals surface area contributed by atoms with Gasteiger partial charge in [-0.05, 0) is 110 Å². The summed E-state index contributed by atoms with van der Waals surface area (Å²) in [5.74, 6) is -1.53. The van der Waals surface area contributed by atoms with Gasteiger partial charge in [0.05, 0.1) is 13.2 Å². The molecule has 0 aromatic rings. The molecule has 124 heavy (non-hydrogen) atoms. The highest BCUT2D eigenvalue weighted by atomic mass is 31.2. The quantitative estimate of drug-likeness (QED) is 0.00586. The Morgan fingerprint density at radius 2 is 0.790 bits per heavy atom. The Hall–Kier alpha value is -5.69. The lowest BCUT2D eigenvalue weighted by molar-refractivity contribution is -0.909. The Balaban J connectivity index is 1.93. The van der Waals surface area contributed by atoms with E-state index in [1.54, 1.807) is 13.0 Å². The van der Waals surface area contributed by atoms with Crippen molar-refractivity contribution in [3.8, 4) is 0 Å². The second-order valence-corrected chi connectivity index (χ2v) is 27.3. The molecule has 0 heterocycles. The monoisotopic (exact) mass is 1850 g/mol. The second-order valence-electron chi connectivity index (χ2n) is 25.9. The molecule has 1 rings (SSSR count). The SMILES string of the molecule is CCCCCCCCCCCCCCCCCC(=O)OC[C@H](COP(=O)(O)OCCNC(=O)OCCOOOOOOOOOOOOOOOOOOOOOOOOOOOOOOOOOOOOOOOOOOOO/C=C\NC(=O)/C=C(C)/C=C/C=C(C)/C=C/C1=C(C)CCCC1(C)C)OC(=O)CCCCCCCCCCCCCCCCC. The van der Waals surface area contributed by atoms with E-state index >= 15 is 0 Å². The molecule has 2 amide bonds. The van der Waals surface area contributed by atoms with E-state index < -0.39 is 70.9 Å². The van der Waals surface area contributed by atoms with Crippen LogP contribution in [0.1, 0.15) is 273 Å². The molecule has 2 atom stereocenters. The summed E-state index contributed by atoms with van der Waals surface area (Å²) in [5.41, 5.74) is 4.66. The maximum Gasteiger partial charge on any atom is 0.472 e. The Morgan fingerprint density at radius 1 is 0.427 bits per heavy atom. The molecule has 1 unspecified atom stereocenters. The minimum Gasteiger partial charge on any atom is -0.462 e. The number of hydrogen-bond acceptors (Lipinski definition) is 54. The highest BCUT2D eigenvalue weighted by molar-refractivity contribution is 7.47. The van der Waals surface area contributed by atoms with E-state index in [1.165, 1.54) is 158 Å². The maximum absolute atomic E-state index is 12.9. The number of carbonyl (C=O) groups is 4. The Labute approximate surface area is 709 Å². The van der Waals surface area contributed by atoms with Gasteiger partial charge in [-0.25, -0.2) is 14.2 Å². The van der Waals surface area contributed by atoms with Gasteiger partial charge in [0.25, 0.3) is 0 Å². The van der Waals surface area contributed by atoms with Crippen LogP contribution < -0.4 is 10.6 Å². The van der Waals surface area contributed by atoms with E-state index in [4.69, 9.17) is 23.3 Å². The highest BCUT2D eigenvalue weighted by Gasteiger charge is 2.28. The average Bonchev–Trinajstić information content (AvgIpc) is 0.821. The molecule has 3 N–H and O–H groups in total. The first-order chi connectivity index (χ1) is 60.6.